The minimum atomic E-state index is -2.07. The highest BCUT2D eigenvalue weighted by Gasteiger charge is 2.42. The Labute approximate surface area is 147 Å². The predicted molar refractivity (Wildman–Crippen MR) is 109 cm³/mol. The number of benzene rings is 3. The maximum atomic E-state index is 2.39. The molecule has 0 heterocycles. The van der Waals surface area contributed by atoms with Crippen molar-refractivity contribution in [1.82, 2.24) is 0 Å². The van der Waals surface area contributed by atoms with E-state index in [1.165, 1.54) is 26.7 Å². The van der Waals surface area contributed by atoms with Gasteiger partial charge in [-0.15, -0.1) is 0 Å². The molecular weight excluding hydrogens is 304 g/mol. The zero-order chi connectivity index (χ0) is 17.2. The van der Waals surface area contributed by atoms with E-state index in [2.05, 4.69) is 107 Å². The van der Waals surface area contributed by atoms with Crippen molar-refractivity contribution in [3.8, 4) is 0 Å². The Morgan fingerprint density at radius 3 is 1.75 bits per heavy atom. The molecule has 0 bridgehead atoms. The highest BCUT2D eigenvalue weighted by Crippen LogP contribution is 2.23. The Balaban J connectivity index is 2.39. The summed E-state index contributed by atoms with van der Waals surface area (Å²) in [6.45, 7) is 9.21. The average molecular weight is 331 g/mol. The van der Waals surface area contributed by atoms with Crippen molar-refractivity contribution in [3.05, 3.63) is 90.0 Å². The average Bonchev–Trinajstić information content (AvgIpc) is 2.59. The first-order chi connectivity index (χ1) is 11.6. The molecule has 3 aromatic rings. The molecule has 0 nitrogen and oxygen atoms in total. The van der Waals surface area contributed by atoms with Crippen LogP contribution in [0, 0.1) is 13.8 Å². The Morgan fingerprint density at radius 1 is 0.625 bits per heavy atom. The van der Waals surface area contributed by atoms with Gasteiger partial charge in [-0.05, 0) is 34.9 Å². The van der Waals surface area contributed by atoms with Gasteiger partial charge in [-0.1, -0.05) is 104 Å². The van der Waals surface area contributed by atoms with E-state index in [-0.39, 0.29) is 0 Å². The van der Waals surface area contributed by atoms with Crippen LogP contribution in [0.15, 0.2) is 78.9 Å². The van der Waals surface area contributed by atoms with Crippen LogP contribution < -0.4 is 15.6 Å². The van der Waals surface area contributed by atoms with Crippen LogP contribution in [0.2, 0.25) is 5.54 Å². The summed E-state index contributed by atoms with van der Waals surface area (Å²) in [4.78, 5) is 0. The zero-order valence-corrected chi connectivity index (χ0v) is 16.1. The Hall–Kier alpha value is -2.12. The molecule has 1 heteroatoms. The van der Waals surface area contributed by atoms with E-state index in [0.717, 1.165) is 0 Å². The lowest BCUT2D eigenvalue weighted by atomic mass is 10.2. The fraction of sp³-hybridized carbons (Fsp3) is 0.217. The predicted octanol–water partition coefficient (Wildman–Crippen LogP) is 4.18. The van der Waals surface area contributed by atoms with E-state index in [4.69, 9.17) is 0 Å². The normalized spacial score (nSPS) is 13.7. The molecule has 122 valence electrons. The number of aryl methyl sites for hydroxylation is 2. The van der Waals surface area contributed by atoms with Crippen molar-refractivity contribution in [3.63, 3.8) is 0 Å². The number of rotatable bonds is 4. The van der Waals surface area contributed by atoms with E-state index in [9.17, 15) is 0 Å². The van der Waals surface area contributed by atoms with Crippen LogP contribution in [0.25, 0.3) is 0 Å². The van der Waals surface area contributed by atoms with Crippen LogP contribution >= 0.6 is 0 Å². The van der Waals surface area contributed by atoms with Crippen molar-refractivity contribution in [2.75, 3.05) is 0 Å². The molecule has 0 N–H and O–H groups in total. The van der Waals surface area contributed by atoms with Crippen molar-refractivity contribution in [1.29, 1.82) is 0 Å². The summed E-state index contributed by atoms with van der Waals surface area (Å²) in [5.41, 5.74) is 3.30. The minimum Gasteiger partial charge on any atom is -0.0642 e. The second-order valence-corrected chi connectivity index (χ2v) is 11.5. The highest BCUT2D eigenvalue weighted by molar-refractivity contribution is 7.12. The van der Waals surface area contributed by atoms with E-state index >= 15 is 0 Å². The van der Waals surface area contributed by atoms with Crippen LogP contribution in [-0.4, -0.2) is 8.07 Å². The molecule has 0 aliphatic heterocycles. The SMILES string of the molecule is Cc1ccc([Si](c2ccccc2)(c2ccccc2C)C(C)C)cc1. The molecule has 0 aromatic heterocycles. The molecule has 3 aromatic carbocycles. The van der Waals surface area contributed by atoms with Crippen molar-refractivity contribution in [2.45, 2.75) is 33.2 Å². The van der Waals surface area contributed by atoms with E-state index in [1.54, 1.807) is 0 Å². The summed E-state index contributed by atoms with van der Waals surface area (Å²) in [5, 5.41) is 4.54. The van der Waals surface area contributed by atoms with Gasteiger partial charge >= 0.3 is 0 Å². The molecule has 0 fully saturated rings. The summed E-state index contributed by atoms with van der Waals surface area (Å²) in [6.07, 6.45) is 0. The second kappa shape index (κ2) is 6.78. The molecule has 0 saturated carbocycles. The topological polar surface area (TPSA) is 0 Å². The molecule has 3 rings (SSSR count). The van der Waals surface area contributed by atoms with Crippen LogP contribution in [0.3, 0.4) is 0 Å². The van der Waals surface area contributed by atoms with E-state index < -0.39 is 8.07 Å². The third kappa shape index (κ3) is 2.74. The van der Waals surface area contributed by atoms with Crippen molar-refractivity contribution < 1.29 is 0 Å². The van der Waals surface area contributed by atoms with Crippen LogP contribution in [0.5, 0.6) is 0 Å². The van der Waals surface area contributed by atoms with Gasteiger partial charge in [-0.25, -0.2) is 0 Å². The van der Waals surface area contributed by atoms with Crippen LogP contribution in [0.1, 0.15) is 25.0 Å². The van der Waals surface area contributed by atoms with Gasteiger partial charge in [-0.2, -0.15) is 0 Å². The molecule has 0 amide bonds. The zero-order valence-electron chi connectivity index (χ0n) is 15.1. The van der Waals surface area contributed by atoms with Gasteiger partial charge in [0.25, 0.3) is 0 Å². The van der Waals surface area contributed by atoms with Crippen molar-refractivity contribution in [2.24, 2.45) is 0 Å². The standard InChI is InChI=1S/C23H26Si/c1-18(2)24(21-11-6-5-7-12-21,22-16-14-19(3)15-17-22)23-13-9-8-10-20(23)4/h5-18H,1-4H3. The van der Waals surface area contributed by atoms with Crippen molar-refractivity contribution >= 4 is 23.6 Å². The fourth-order valence-electron chi connectivity index (χ4n) is 3.99. The monoisotopic (exact) mass is 330 g/mol. The van der Waals surface area contributed by atoms with Gasteiger partial charge in [0.05, 0.1) is 0 Å². The Morgan fingerprint density at radius 2 is 1.17 bits per heavy atom. The molecule has 24 heavy (non-hydrogen) atoms. The van der Waals surface area contributed by atoms with E-state index in [0.29, 0.717) is 5.54 Å². The largest absolute Gasteiger partial charge is 0.151 e. The maximum absolute atomic E-state index is 2.39. The molecule has 1 atom stereocenters. The fourth-order valence-corrected chi connectivity index (χ4v) is 9.37. The van der Waals surface area contributed by atoms with Gasteiger partial charge in [-0.3, -0.25) is 0 Å². The van der Waals surface area contributed by atoms with Gasteiger partial charge in [0.2, 0.25) is 0 Å². The quantitative estimate of drug-likeness (QED) is 0.497. The molecule has 0 aliphatic carbocycles. The summed E-state index contributed by atoms with van der Waals surface area (Å²) in [7, 11) is -2.07. The minimum absolute atomic E-state index is 0.573. The number of hydrogen-bond acceptors (Lipinski definition) is 0. The van der Waals surface area contributed by atoms with Gasteiger partial charge in [0.15, 0.2) is 8.07 Å². The first-order valence-corrected chi connectivity index (χ1v) is 10.8. The lowest BCUT2D eigenvalue weighted by molar-refractivity contribution is 1.04. The summed E-state index contributed by atoms with van der Waals surface area (Å²) in [5.74, 6) is 0. The van der Waals surface area contributed by atoms with Gasteiger partial charge < -0.3 is 0 Å². The summed E-state index contributed by atoms with van der Waals surface area (Å²) >= 11 is 0. The second-order valence-electron chi connectivity index (χ2n) is 7.01. The summed E-state index contributed by atoms with van der Waals surface area (Å²) in [6, 6.07) is 29.4. The third-order valence-corrected chi connectivity index (χ3v) is 10.8. The molecule has 0 spiro atoms. The number of hydrogen-bond donors (Lipinski definition) is 0. The molecule has 0 saturated heterocycles. The van der Waals surface area contributed by atoms with Gasteiger partial charge in [0, 0.05) is 0 Å². The lowest BCUT2D eigenvalue weighted by Crippen LogP contribution is -2.69. The maximum Gasteiger partial charge on any atom is 0.151 e. The molecule has 0 radical (unpaired) electrons. The summed E-state index contributed by atoms with van der Waals surface area (Å²) < 4.78 is 0. The highest BCUT2D eigenvalue weighted by atomic mass is 28.3. The Kier molecular flexibility index (Phi) is 4.73. The van der Waals surface area contributed by atoms with Crippen LogP contribution in [-0.2, 0) is 0 Å². The molecule has 1 unspecified atom stereocenters. The lowest BCUT2D eigenvalue weighted by Gasteiger charge is -2.38. The molecule has 0 aliphatic rings. The molecular formula is C23H26Si. The smallest absolute Gasteiger partial charge is 0.0642 e. The Bertz CT molecular complexity index is 803. The first-order valence-electron chi connectivity index (χ1n) is 8.75. The van der Waals surface area contributed by atoms with E-state index in [1.807, 2.05) is 0 Å². The third-order valence-electron chi connectivity index (χ3n) is 5.17. The van der Waals surface area contributed by atoms with Crippen LogP contribution in [0.4, 0.5) is 0 Å². The van der Waals surface area contributed by atoms with Gasteiger partial charge in [0.1, 0.15) is 0 Å². The first kappa shape index (κ1) is 16.7.